The first-order valence-electron chi connectivity index (χ1n) is 5.41. The Morgan fingerprint density at radius 1 is 1.35 bits per heavy atom. The predicted octanol–water partition coefficient (Wildman–Crippen LogP) is 1.79. The van der Waals surface area contributed by atoms with E-state index in [2.05, 4.69) is 5.32 Å². The molecule has 0 aliphatic carbocycles. The maximum atomic E-state index is 13.2. The fourth-order valence-corrected chi connectivity index (χ4v) is 3.69. The Bertz CT molecular complexity index is 543. The molecule has 1 aliphatic heterocycles. The molecule has 1 atom stereocenters. The zero-order valence-electron chi connectivity index (χ0n) is 9.33. The number of halogens is 2. The molecule has 94 valence electrons. The van der Waals surface area contributed by atoms with Crippen LogP contribution in [0.3, 0.4) is 0 Å². The Labute approximate surface area is 98.8 Å². The van der Waals surface area contributed by atoms with Crippen molar-refractivity contribution in [3.63, 3.8) is 0 Å². The van der Waals surface area contributed by atoms with E-state index in [-0.39, 0.29) is 16.7 Å². The first kappa shape index (κ1) is 12.4. The third-order valence-corrected chi connectivity index (χ3v) is 4.69. The summed E-state index contributed by atoms with van der Waals surface area (Å²) in [6.07, 6.45) is 0.383. The molecule has 1 heterocycles. The molecule has 1 aromatic carbocycles. The number of fused-ring (bicyclic) bond motifs is 1. The number of hydrogen-bond donors (Lipinski definition) is 1. The van der Waals surface area contributed by atoms with Gasteiger partial charge in [-0.05, 0) is 30.7 Å². The molecule has 0 radical (unpaired) electrons. The van der Waals surface area contributed by atoms with Gasteiger partial charge in [0.25, 0.3) is 0 Å². The van der Waals surface area contributed by atoms with Gasteiger partial charge in [0.1, 0.15) is 0 Å². The first-order chi connectivity index (χ1) is 7.95. The van der Waals surface area contributed by atoms with Crippen LogP contribution in [0, 0.1) is 11.6 Å². The van der Waals surface area contributed by atoms with Crippen molar-refractivity contribution in [2.75, 3.05) is 12.3 Å². The smallest absolute Gasteiger partial charge is 0.178 e. The van der Waals surface area contributed by atoms with Crippen molar-refractivity contribution >= 4 is 9.84 Å². The van der Waals surface area contributed by atoms with Gasteiger partial charge in [0.05, 0.1) is 10.6 Å². The van der Waals surface area contributed by atoms with Gasteiger partial charge in [-0.25, -0.2) is 17.2 Å². The van der Waals surface area contributed by atoms with Crippen LogP contribution in [0.4, 0.5) is 8.78 Å². The summed E-state index contributed by atoms with van der Waals surface area (Å²) in [6.45, 7) is 2.52. The summed E-state index contributed by atoms with van der Waals surface area (Å²) in [4.78, 5) is -0.0893. The second-order valence-corrected chi connectivity index (χ2v) is 6.10. The number of hydrogen-bond acceptors (Lipinski definition) is 3. The highest BCUT2D eigenvalue weighted by molar-refractivity contribution is 7.91. The number of rotatable bonds is 2. The topological polar surface area (TPSA) is 46.2 Å². The zero-order chi connectivity index (χ0) is 12.6. The molecule has 0 bridgehead atoms. The highest BCUT2D eigenvalue weighted by Crippen LogP contribution is 2.33. The zero-order valence-corrected chi connectivity index (χ0v) is 10.2. The van der Waals surface area contributed by atoms with Crippen molar-refractivity contribution in [2.24, 2.45) is 0 Å². The van der Waals surface area contributed by atoms with Crippen LogP contribution in [0.15, 0.2) is 17.0 Å². The van der Waals surface area contributed by atoms with Crippen molar-refractivity contribution in [1.82, 2.24) is 5.32 Å². The van der Waals surface area contributed by atoms with Gasteiger partial charge >= 0.3 is 0 Å². The molecule has 1 N–H and O–H groups in total. The molecule has 1 aliphatic rings. The van der Waals surface area contributed by atoms with E-state index in [0.29, 0.717) is 18.5 Å². The minimum atomic E-state index is -3.48. The Hall–Kier alpha value is -1.01. The normalized spacial score (nSPS) is 22.2. The standard InChI is InChI=1S/C11H13F2NO2S/c1-2-14-10-3-4-17(15,16)11-6-9(13)8(12)5-7(10)11/h5-6,10,14H,2-4H2,1H3. The fraction of sp³-hybridized carbons (Fsp3) is 0.455. The molecular weight excluding hydrogens is 248 g/mol. The van der Waals surface area contributed by atoms with E-state index in [1.165, 1.54) is 0 Å². The van der Waals surface area contributed by atoms with Gasteiger partial charge in [0, 0.05) is 6.04 Å². The average molecular weight is 261 g/mol. The molecule has 17 heavy (non-hydrogen) atoms. The van der Waals surface area contributed by atoms with Gasteiger partial charge in [0.2, 0.25) is 0 Å². The summed E-state index contributed by atoms with van der Waals surface area (Å²) in [5, 5.41) is 3.07. The van der Waals surface area contributed by atoms with Crippen molar-refractivity contribution in [1.29, 1.82) is 0 Å². The second-order valence-electron chi connectivity index (χ2n) is 4.02. The van der Waals surface area contributed by atoms with Crippen LogP contribution in [-0.2, 0) is 9.84 Å². The Balaban J connectivity index is 2.60. The number of nitrogens with one attached hydrogen (secondary N) is 1. The van der Waals surface area contributed by atoms with Crippen LogP contribution in [0.25, 0.3) is 0 Å². The number of benzene rings is 1. The minimum absolute atomic E-state index is 0.0389. The van der Waals surface area contributed by atoms with Crippen LogP contribution in [0.1, 0.15) is 24.9 Å². The van der Waals surface area contributed by atoms with Crippen LogP contribution in [-0.4, -0.2) is 20.7 Å². The van der Waals surface area contributed by atoms with Crippen molar-refractivity contribution in [3.8, 4) is 0 Å². The lowest BCUT2D eigenvalue weighted by Crippen LogP contribution is -2.30. The summed E-state index contributed by atoms with van der Waals surface area (Å²) in [6, 6.07) is 1.53. The van der Waals surface area contributed by atoms with Crippen LogP contribution in [0.2, 0.25) is 0 Å². The van der Waals surface area contributed by atoms with Gasteiger partial charge in [0.15, 0.2) is 21.5 Å². The van der Waals surface area contributed by atoms with E-state index in [0.717, 1.165) is 12.1 Å². The SMILES string of the molecule is CCNC1CCS(=O)(=O)c2cc(F)c(F)cc21. The largest absolute Gasteiger partial charge is 0.310 e. The molecule has 3 nitrogen and oxygen atoms in total. The van der Waals surface area contributed by atoms with Crippen LogP contribution < -0.4 is 5.32 Å². The first-order valence-corrected chi connectivity index (χ1v) is 7.06. The third kappa shape index (κ3) is 2.19. The molecule has 0 aromatic heterocycles. The van der Waals surface area contributed by atoms with E-state index in [9.17, 15) is 17.2 Å². The molecule has 0 saturated heterocycles. The van der Waals surface area contributed by atoms with E-state index < -0.39 is 21.5 Å². The van der Waals surface area contributed by atoms with E-state index in [1.54, 1.807) is 0 Å². The van der Waals surface area contributed by atoms with E-state index >= 15 is 0 Å². The summed E-state index contributed by atoms with van der Waals surface area (Å²) in [5.41, 5.74) is 0.331. The maximum absolute atomic E-state index is 13.2. The molecule has 6 heteroatoms. The second kappa shape index (κ2) is 4.34. The van der Waals surface area contributed by atoms with Gasteiger partial charge in [-0.3, -0.25) is 0 Å². The monoisotopic (exact) mass is 261 g/mol. The Morgan fingerprint density at radius 3 is 2.65 bits per heavy atom. The molecule has 0 saturated carbocycles. The quantitative estimate of drug-likeness (QED) is 0.826. The average Bonchev–Trinajstić information content (AvgIpc) is 2.26. The van der Waals surface area contributed by atoms with Gasteiger partial charge < -0.3 is 5.32 Å². The third-order valence-electron chi connectivity index (χ3n) is 2.89. The van der Waals surface area contributed by atoms with Gasteiger partial charge in [-0.1, -0.05) is 6.92 Å². The van der Waals surface area contributed by atoms with E-state index in [1.807, 2.05) is 6.92 Å². The van der Waals surface area contributed by atoms with Crippen molar-refractivity contribution in [2.45, 2.75) is 24.3 Å². The summed E-state index contributed by atoms with van der Waals surface area (Å²) in [5.74, 6) is -2.17. The lowest BCUT2D eigenvalue weighted by Gasteiger charge is -2.26. The van der Waals surface area contributed by atoms with E-state index in [4.69, 9.17) is 0 Å². The molecule has 0 amide bonds. The maximum Gasteiger partial charge on any atom is 0.178 e. The van der Waals surface area contributed by atoms with Crippen molar-refractivity contribution in [3.05, 3.63) is 29.3 Å². The van der Waals surface area contributed by atoms with Crippen LogP contribution in [0.5, 0.6) is 0 Å². The Kier molecular flexibility index (Phi) is 3.18. The Morgan fingerprint density at radius 2 is 2.00 bits per heavy atom. The van der Waals surface area contributed by atoms with Crippen LogP contribution >= 0.6 is 0 Å². The van der Waals surface area contributed by atoms with Gasteiger partial charge in [-0.15, -0.1) is 0 Å². The summed E-state index contributed by atoms with van der Waals surface area (Å²) < 4.78 is 49.8. The molecule has 0 spiro atoms. The minimum Gasteiger partial charge on any atom is -0.310 e. The molecule has 0 fully saturated rings. The van der Waals surface area contributed by atoms with Gasteiger partial charge in [-0.2, -0.15) is 0 Å². The molecule has 2 rings (SSSR count). The highest BCUT2D eigenvalue weighted by Gasteiger charge is 2.31. The number of sulfone groups is 1. The van der Waals surface area contributed by atoms with Crippen molar-refractivity contribution < 1.29 is 17.2 Å². The fourth-order valence-electron chi connectivity index (χ4n) is 2.08. The predicted molar refractivity (Wildman–Crippen MR) is 59.4 cm³/mol. The lowest BCUT2D eigenvalue weighted by molar-refractivity contribution is 0.475. The summed E-state index contributed by atoms with van der Waals surface area (Å²) >= 11 is 0. The lowest BCUT2D eigenvalue weighted by atomic mass is 10.0. The molecule has 1 unspecified atom stereocenters. The summed E-state index contributed by atoms with van der Waals surface area (Å²) in [7, 11) is -3.48. The molecular formula is C11H13F2NO2S. The molecule has 1 aromatic rings. The highest BCUT2D eigenvalue weighted by atomic mass is 32.2.